The molecule has 0 unspecified atom stereocenters. The molecule has 0 aliphatic rings. The second kappa shape index (κ2) is 5.15. The highest BCUT2D eigenvalue weighted by molar-refractivity contribution is 5.80. The maximum atomic E-state index is 10.9. The predicted molar refractivity (Wildman–Crippen MR) is 68.5 cm³/mol. The van der Waals surface area contributed by atoms with Crippen molar-refractivity contribution in [2.75, 3.05) is 7.11 Å². The van der Waals surface area contributed by atoms with Crippen molar-refractivity contribution in [2.24, 2.45) is 0 Å². The van der Waals surface area contributed by atoms with E-state index >= 15 is 0 Å². The highest BCUT2D eigenvalue weighted by Crippen LogP contribution is 2.25. The van der Waals surface area contributed by atoms with Gasteiger partial charge in [0.05, 0.1) is 18.7 Å². The average Bonchev–Trinajstić information content (AvgIpc) is 2.46. The number of carbonyl (C=O) groups is 1. The number of nitrogens with zero attached hydrogens (tertiary/aromatic N) is 1. The molecule has 2 aromatic rings. The number of carbonyl (C=O) groups excluding carboxylic acids is 1. The lowest BCUT2D eigenvalue weighted by atomic mass is 10.0. The first-order chi connectivity index (χ1) is 8.76. The topological polar surface area (TPSA) is 50.1 Å². The van der Waals surface area contributed by atoms with E-state index in [2.05, 4.69) is 6.07 Å². The first-order valence-electron chi connectivity index (χ1n) is 5.41. The van der Waals surface area contributed by atoms with Gasteiger partial charge in [0, 0.05) is 5.56 Å². The first kappa shape index (κ1) is 11.9. The van der Waals surface area contributed by atoms with Crippen LogP contribution < -0.4 is 4.74 Å². The lowest BCUT2D eigenvalue weighted by molar-refractivity contribution is 0.112. The van der Waals surface area contributed by atoms with Gasteiger partial charge in [0.15, 0.2) is 0 Å². The van der Waals surface area contributed by atoms with Gasteiger partial charge in [-0.2, -0.15) is 5.26 Å². The average molecular weight is 237 g/mol. The molecule has 2 rings (SSSR count). The van der Waals surface area contributed by atoms with Crippen LogP contribution in [0.3, 0.4) is 0 Å². The first-order valence-corrected chi connectivity index (χ1v) is 5.41. The Kier molecular flexibility index (Phi) is 3.40. The van der Waals surface area contributed by atoms with E-state index in [9.17, 15) is 4.79 Å². The lowest BCUT2D eigenvalue weighted by Crippen LogP contribution is -1.88. The molecule has 0 aromatic heterocycles. The van der Waals surface area contributed by atoms with Crippen molar-refractivity contribution in [3.05, 3.63) is 53.6 Å². The van der Waals surface area contributed by atoms with Crippen LogP contribution in [0.15, 0.2) is 42.5 Å². The van der Waals surface area contributed by atoms with E-state index in [0.29, 0.717) is 16.9 Å². The summed E-state index contributed by atoms with van der Waals surface area (Å²) in [6.45, 7) is 0. The van der Waals surface area contributed by atoms with Crippen LogP contribution in [0.2, 0.25) is 0 Å². The van der Waals surface area contributed by atoms with Gasteiger partial charge >= 0.3 is 0 Å². The minimum atomic E-state index is 0.564. The quantitative estimate of drug-likeness (QED) is 0.771. The molecule has 0 heterocycles. The highest BCUT2D eigenvalue weighted by Gasteiger charge is 2.03. The van der Waals surface area contributed by atoms with Crippen molar-refractivity contribution in [1.29, 1.82) is 5.26 Å². The van der Waals surface area contributed by atoms with Crippen LogP contribution in [0.25, 0.3) is 11.1 Å². The van der Waals surface area contributed by atoms with Gasteiger partial charge in [-0.1, -0.05) is 12.1 Å². The summed E-state index contributed by atoms with van der Waals surface area (Å²) in [6.07, 6.45) is 0.787. The van der Waals surface area contributed by atoms with Crippen LogP contribution in [-0.2, 0) is 0 Å². The molecule has 3 heteroatoms. The third-order valence-corrected chi connectivity index (χ3v) is 2.65. The van der Waals surface area contributed by atoms with Crippen LogP contribution in [0.1, 0.15) is 15.9 Å². The molecule has 0 spiro atoms. The number of aldehydes is 1. The fourth-order valence-electron chi connectivity index (χ4n) is 1.71. The molecule has 3 nitrogen and oxygen atoms in total. The number of ether oxygens (including phenoxy) is 1. The fourth-order valence-corrected chi connectivity index (χ4v) is 1.71. The van der Waals surface area contributed by atoms with Gasteiger partial charge in [0.1, 0.15) is 12.0 Å². The molecular formula is C15H11NO2. The third kappa shape index (κ3) is 2.38. The van der Waals surface area contributed by atoms with Crippen LogP contribution in [0, 0.1) is 11.3 Å². The SMILES string of the molecule is COc1cc(C=O)cc(-c2ccc(C#N)cc2)c1. The zero-order valence-corrected chi connectivity index (χ0v) is 9.88. The molecule has 0 atom stereocenters. The molecule has 0 aliphatic heterocycles. The molecule has 0 fully saturated rings. The molecule has 0 saturated carbocycles. The van der Waals surface area contributed by atoms with E-state index in [1.54, 1.807) is 31.4 Å². The molecule has 0 radical (unpaired) electrons. The monoisotopic (exact) mass is 237 g/mol. The van der Waals surface area contributed by atoms with Crippen LogP contribution in [0.5, 0.6) is 5.75 Å². The second-order valence-electron chi connectivity index (χ2n) is 3.80. The van der Waals surface area contributed by atoms with Crippen molar-refractivity contribution in [1.82, 2.24) is 0 Å². The maximum absolute atomic E-state index is 10.9. The third-order valence-electron chi connectivity index (χ3n) is 2.65. The highest BCUT2D eigenvalue weighted by atomic mass is 16.5. The minimum Gasteiger partial charge on any atom is -0.497 e. The van der Waals surface area contributed by atoms with Crippen molar-refractivity contribution < 1.29 is 9.53 Å². The summed E-state index contributed by atoms with van der Waals surface area (Å²) < 4.78 is 5.15. The van der Waals surface area contributed by atoms with E-state index in [0.717, 1.165) is 17.4 Å². The molecule has 0 amide bonds. The van der Waals surface area contributed by atoms with Gasteiger partial charge in [-0.15, -0.1) is 0 Å². The Hall–Kier alpha value is -2.60. The Balaban J connectivity index is 2.48. The van der Waals surface area contributed by atoms with E-state index in [4.69, 9.17) is 10.00 Å². The van der Waals surface area contributed by atoms with Gasteiger partial charge in [-0.3, -0.25) is 4.79 Å². The molecule has 0 aliphatic carbocycles. The summed E-state index contributed by atoms with van der Waals surface area (Å²) in [6, 6.07) is 14.6. The van der Waals surface area contributed by atoms with Crippen molar-refractivity contribution >= 4 is 6.29 Å². The van der Waals surface area contributed by atoms with Crippen LogP contribution in [-0.4, -0.2) is 13.4 Å². The molecular weight excluding hydrogens is 226 g/mol. The maximum Gasteiger partial charge on any atom is 0.150 e. The Labute approximate surface area is 105 Å². The largest absolute Gasteiger partial charge is 0.497 e. The molecule has 0 bridgehead atoms. The Morgan fingerprint density at radius 3 is 2.39 bits per heavy atom. The fraction of sp³-hybridized carbons (Fsp3) is 0.0667. The zero-order valence-electron chi connectivity index (χ0n) is 9.88. The standard InChI is InChI=1S/C15H11NO2/c1-18-15-7-12(10-17)6-14(8-15)13-4-2-11(9-16)3-5-13/h2-8,10H,1H3. The summed E-state index contributed by atoms with van der Waals surface area (Å²) in [5.41, 5.74) is 3.00. The van der Waals surface area contributed by atoms with Gasteiger partial charge in [0.25, 0.3) is 0 Å². The number of hydrogen-bond donors (Lipinski definition) is 0. The van der Waals surface area contributed by atoms with Gasteiger partial charge in [-0.25, -0.2) is 0 Å². The van der Waals surface area contributed by atoms with Crippen molar-refractivity contribution in [3.63, 3.8) is 0 Å². The molecule has 2 aromatic carbocycles. The molecule has 88 valence electrons. The molecule has 0 saturated heterocycles. The van der Waals surface area contributed by atoms with Crippen molar-refractivity contribution in [2.45, 2.75) is 0 Å². The summed E-state index contributed by atoms with van der Waals surface area (Å²) in [7, 11) is 1.56. The Morgan fingerprint density at radius 1 is 1.11 bits per heavy atom. The Morgan fingerprint density at radius 2 is 1.83 bits per heavy atom. The van der Waals surface area contributed by atoms with Gasteiger partial charge in [-0.05, 0) is 41.5 Å². The lowest BCUT2D eigenvalue weighted by Gasteiger charge is -2.06. The van der Waals surface area contributed by atoms with E-state index in [-0.39, 0.29) is 0 Å². The number of benzene rings is 2. The predicted octanol–water partition coefficient (Wildman–Crippen LogP) is 3.05. The van der Waals surface area contributed by atoms with E-state index < -0.39 is 0 Å². The van der Waals surface area contributed by atoms with Crippen LogP contribution in [0.4, 0.5) is 0 Å². The van der Waals surface area contributed by atoms with Crippen LogP contribution >= 0.6 is 0 Å². The second-order valence-corrected chi connectivity index (χ2v) is 3.80. The number of nitriles is 1. The summed E-state index contributed by atoms with van der Waals surface area (Å²) >= 11 is 0. The number of methoxy groups -OCH3 is 1. The van der Waals surface area contributed by atoms with Gasteiger partial charge < -0.3 is 4.74 Å². The zero-order chi connectivity index (χ0) is 13.0. The summed E-state index contributed by atoms with van der Waals surface area (Å²) in [4.78, 5) is 10.9. The normalized spacial score (nSPS) is 9.56. The Bertz CT molecular complexity index is 609. The number of rotatable bonds is 3. The summed E-state index contributed by atoms with van der Waals surface area (Å²) in [5.74, 6) is 0.638. The minimum absolute atomic E-state index is 0.564. The van der Waals surface area contributed by atoms with Gasteiger partial charge in [0.2, 0.25) is 0 Å². The van der Waals surface area contributed by atoms with Crippen molar-refractivity contribution in [3.8, 4) is 22.9 Å². The summed E-state index contributed by atoms with van der Waals surface area (Å²) in [5, 5.41) is 8.75. The smallest absolute Gasteiger partial charge is 0.150 e. The molecule has 0 N–H and O–H groups in total. The van der Waals surface area contributed by atoms with E-state index in [1.165, 1.54) is 0 Å². The molecule has 18 heavy (non-hydrogen) atoms. The number of hydrogen-bond acceptors (Lipinski definition) is 3. The van der Waals surface area contributed by atoms with E-state index in [1.807, 2.05) is 18.2 Å².